The van der Waals surface area contributed by atoms with Crippen molar-refractivity contribution in [1.29, 1.82) is 0 Å². The molecule has 2 N–H and O–H groups in total. The van der Waals surface area contributed by atoms with Gasteiger partial charge in [-0.1, -0.05) is 0 Å². The fourth-order valence-electron chi connectivity index (χ4n) is 3.88. The van der Waals surface area contributed by atoms with Gasteiger partial charge in [-0.25, -0.2) is 0 Å². The standard InChI is InChI=1S/C20H24F3N5O2/c1-27-18(15-7-6-13(9-16(15)29)20(21,22)23)26-25-17(19(27)30)24-14-3-2-8-28(11-14)10-12-4-5-12/h6-7,9,12,14,29H,2-5,8,10-11H2,1H3,(H,24,25). The van der Waals surface area contributed by atoms with Crippen molar-refractivity contribution >= 4 is 5.82 Å². The summed E-state index contributed by atoms with van der Waals surface area (Å²) in [6.45, 7) is 2.99. The fourth-order valence-corrected chi connectivity index (χ4v) is 3.88. The first-order chi connectivity index (χ1) is 14.2. The molecule has 2 aromatic rings. The Bertz CT molecular complexity index is 987. The maximum absolute atomic E-state index is 12.8. The summed E-state index contributed by atoms with van der Waals surface area (Å²) < 4.78 is 39.6. The lowest BCUT2D eigenvalue weighted by molar-refractivity contribution is -0.137. The van der Waals surface area contributed by atoms with Crippen LogP contribution in [0.5, 0.6) is 5.75 Å². The van der Waals surface area contributed by atoms with Crippen LogP contribution in [0.1, 0.15) is 31.2 Å². The molecule has 2 aliphatic rings. The van der Waals surface area contributed by atoms with Crippen LogP contribution in [0, 0.1) is 5.92 Å². The van der Waals surface area contributed by atoms with Crippen molar-refractivity contribution in [1.82, 2.24) is 19.7 Å². The molecule has 1 aromatic heterocycles. The molecular formula is C20H24F3N5O2. The van der Waals surface area contributed by atoms with Crippen molar-refractivity contribution in [3.8, 4) is 17.1 Å². The lowest BCUT2D eigenvalue weighted by Crippen LogP contribution is -2.44. The molecule has 0 spiro atoms. The van der Waals surface area contributed by atoms with Crippen molar-refractivity contribution in [2.45, 2.75) is 37.9 Å². The zero-order valence-electron chi connectivity index (χ0n) is 16.6. The number of alkyl halides is 3. The Labute approximate surface area is 171 Å². The molecule has 1 atom stereocenters. The predicted molar refractivity (Wildman–Crippen MR) is 105 cm³/mol. The van der Waals surface area contributed by atoms with Gasteiger partial charge in [0, 0.05) is 26.2 Å². The summed E-state index contributed by atoms with van der Waals surface area (Å²) in [7, 11) is 1.45. The smallest absolute Gasteiger partial charge is 0.416 e. The summed E-state index contributed by atoms with van der Waals surface area (Å²) in [6, 6.07) is 2.63. The zero-order chi connectivity index (χ0) is 21.5. The molecule has 0 amide bonds. The monoisotopic (exact) mass is 423 g/mol. The van der Waals surface area contributed by atoms with Gasteiger partial charge < -0.3 is 15.3 Å². The van der Waals surface area contributed by atoms with Crippen LogP contribution in [0.4, 0.5) is 19.0 Å². The number of aromatic nitrogens is 3. The van der Waals surface area contributed by atoms with E-state index in [1.54, 1.807) is 0 Å². The summed E-state index contributed by atoms with van der Waals surface area (Å²) >= 11 is 0. The Morgan fingerprint density at radius 3 is 2.67 bits per heavy atom. The third-order valence-electron chi connectivity index (χ3n) is 5.70. The van der Waals surface area contributed by atoms with Gasteiger partial charge in [0.15, 0.2) is 5.82 Å². The first-order valence-corrected chi connectivity index (χ1v) is 10.1. The average Bonchev–Trinajstić information content (AvgIpc) is 3.50. The number of anilines is 1. The first kappa shape index (κ1) is 20.6. The van der Waals surface area contributed by atoms with Crippen molar-refractivity contribution in [3.05, 3.63) is 34.1 Å². The van der Waals surface area contributed by atoms with E-state index in [9.17, 15) is 23.1 Å². The summed E-state index contributed by atoms with van der Waals surface area (Å²) in [4.78, 5) is 15.2. The van der Waals surface area contributed by atoms with Crippen LogP contribution in [0.3, 0.4) is 0 Å². The number of nitrogens with zero attached hydrogens (tertiary/aromatic N) is 4. The minimum atomic E-state index is -4.57. The molecule has 0 bridgehead atoms. The molecule has 1 aromatic carbocycles. The van der Waals surface area contributed by atoms with Crippen LogP contribution in [0.15, 0.2) is 23.0 Å². The molecule has 1 aliphatic heterocycles. The molecule has 1 unspecified atom stereocenters. The molecule has 10 heteroatoms. The molecule has 0 radical (unpaired) electrons. The lowest BCUT2D eigenvalue weighted by atomic mass is 10.1. The highest BCUT2D eigenvalue weighted by molar-refractivity contribution is 5.65. The number of phenols is 1. The minimum absolute atomic E-state index is 0.00391. The Morgan fingerprint density at radius 2 is 2.00 bits per heavy atom. The lowest BCUT2D eigenvalue weighted by Gasteiger charge is -2.33. The molecule has 1 saturated carbocycles. The Balaban J connectivity index is 1.53. The topological polar surface area (TPSA) is 83.3 Å². The summed E-state index contributed by atoms with van der Waals surface area (Å²) in [5.41, 5.74) is -1.42. The van der Waals surface area contributed by atoms with Crippen LogP contribution in [0.25, 0.3) is 11.4 Å². The van der Waals surface area contributed by atoms with E-state index in [0.717, 1.165) is 50.5 Å². The Kier molecular flexibility index (Phi) is 5.44. The Hall–Kier alpha value is -2.62. The average molecular weight is 423 g/mol. The number of phenolic OH excluding ortho intramolecular Hbond substituents is 1. The summed E-state index contributed by atoms with van der Waals surface area (Å²) in [6.07, 6.45) is -0.0322. The number of hydrogen-bond donors (Lipinski definition) is 2. The molecule has 162 valence electrons. The van der Waals surface area contributed by atoms with Crippen molar-refractivity contribution in [2.24, 2.45) is 13.0 Å². The zero-order valence-corrected chi connectivity index (χ0v) is 16.6. The van der Waals surface area contributed by atoms with Crippen LogP contribution < -0.4 is 10.9 Å². The van der Waals surface area contributed by atoms with Crippen molar-refractivity contribution in [2.75, 3.05) is 25.0 Å². The molecule has 4 rings (SSSR count). The van der Waals surface area contributed by atoms with Gasteiger partial charge in [0.2, 0.25) is 5.82 Å². The van der Waals surface area contributed by atoms with E-state index in [1.165, 1.54) is 24.5 Å². The van der Waals surface area contributed by atoms with E-state index in [1.807, 2.05) is 0 Å². The van der Waals surface area contributed by atoms with Gasteiger partial charge in [0.05, 0.1) is 11.1 Å². The quantitative estimate of drug-likeness (QED) is 0.770. The molecule has 2 fully saturated rings. The highest BCUT2D eigenvalue weighted by atomic mass is 19.4. The highest BCUT2D eigenvalue weighted by Gasteiger charge is 2.32. The first-order valence-electron chi connectivity index (χ1n) is 10.1. The third-order valence-corrected chi connectivity index (χ3v) is 5.70. The van der Waals surface area contributed by atoms with Gasteiger partial charge in [-0.15, -0.1) is 10.2 Å². The number of nitrogens with one attached hydrogen (secondary N) is 1. The Morgan fingerprint density at radius 1 is 1.23 bits per heavy atom. The maximum Gasteiger partial charge on any atom is 0.416 e. The summed E-state index contributed by atoms with van der Waals surface area (Å²) in [5.74, 6) is 0.284. The minimum Gasteiger partial charge on any atom is -0.507 e. The second kappa shape index (κ2) is 7.90. The number of benzene rings is 1. The van der Waals surface area contributed by atoms with Gasteiger partial charge in [0.25, 0.3) is 5.56 Å². The maximum atomic E-state index is 12.8. The van der Waals surface area contributed by atoms with Gasteiger partial charge in [0.1, 0.15) is 5.75 Å². The van der Waals surface area contributed by atoms with Crippen molar-refractivity contribution in [3.63, 3.8) is 0 Å². The van der Waals surface area contributed by atoms with E-state index < -0.39 is 23.0 Å². The highest BCUT2D eigenvalue weighted by Crippen LogP contribution is 2.35. The van der Waals surface area contributed by atoms with E-state index in [2.05, 4.69) is 20.4 Å². The number of piperidine rings is 1. The van der Waals surface area contributed by atoms with Crippen molar-refractivity contribution < 1.29 is 18.3 Å². The molecule has 1 aliphatic carbocycles. The van der Waals surface area contributed by atoms with Gasteiger partial charge in [-0.2, -0.15) is 13.2 Å². The van der Waals surface area contributed by atoms with Gasteiger partial charge in [-0.05, 0) is 56.3 Å². The molecule has 30 heavy (non-hydrogen) atoms. The number of likely N-dealkylation sites (tertiary alicyclic amines) is 1. The normalized spacial score (nSPS) is 20.3. The molecule has 2 heterocycles. The predicted octanol–water partition coefficient (Wildman–Crippen LogP) is 2.85. The molecular weight excluding hydrogens is 399 g/mol. The third kappa shape index (κ3) is 4.43. The largest absolute Gasteiger partial charge is 0.507 e. The van der Waals surface area contributed by atoms with Gasteiger partial charge >= 0.3 is 6.18 Å². The number of aromatic hydroxyl groups is 1. The fraction of sp³-hybridized carbons (Fsp3) is 0.550. The number of rotatable bonds is 5. The SMILES string of the molecule is Cn1c(-c2ccc(C(F)(F)F)cc2O)nnc(NC2CCCN(CC3CC3)C2)c1=O. The van der Waals surface area contributed by atoms with E-state index >= 15 is 0 Å². The van der Waals surface area contributed by atoms with E-state index in [0.29, 0.717) is 6.07 Å². The van der Waals surface area contributed by atoms with Crippen LogP contribution in [0.2, 0.25) is 0 Å². The second-order valence-corrected chi connectivity index (χ2v) is 8.15. The van der Waals surface area contributed by atoms with E-state index in [4.69, 9.17) is 0 Å². The van der Waals surface area contributed by atoms with Gasteiger partial charge in [-0.3, -0.25) is 9.36 Å². The van der Waals surface area contributed by atoms with Crippen LogP contribution in [-0.2, 0) is 13.2 Å². The molecule has 1 saturated heterocycles. The number of halogens is 3. The van der Waals surface area contributed by atoms with Crippen LogP contribution >= 0.6 is 0 Å². The van der Waals surface area contributed by atoms with E-state index in [-0.39, 0.29) is 23.2 Å². The van der Waals surface area contributed by atoms with Crippen LogP contribution in [-0.4, -0.2) is 50.4 Å². The number of hydrogen-bond acceptors (Lipinski definition) is 6. The second-order valence-electron chi connectivity index (χ2n) is 8.15. The molecule has 7 nitrogen and oxygen atoms in total. The summed E-state index contributed by atoms with van der Waals surface area (Å²) in [5, 5.41) is 21.2.